The molecule has 6 heteroatoms. The Morgan fingerprint density at radius 3 is 2.15 bits per heavy atom. The zero-order valence-corrected chi connectivity index (χ0v) is 12.9. The molecule has 0 bridgehead atoms. The Morgan fingerprint density at radius 2 is 1.65 bits per heavy atom. The van der Waals surface area contributed by atoms with Crippen molar-refractivity contribution in [3.63, 3.8) is 0 Å². The van der Waals surface area contributed by atoms with Crippen LogP contribution in [0.4, 0.5) is 0 Å². The van der Waals surface area contributed by atoms with Crippen LogP contribution in [-0.4, -0.2) is 42.0 Å². The lowest BCUT2D eigenvalue weighted by molar-refractivity contribution is 0.372. The summed E-state index contributed by atoms with van der Waals surface area (Å²) in [4.78, 5) is 0.270. The molecule has 1 heterocycles. The third kappa shape index (κ3) is 2.91. The van der Waals surface area contributed by atoms with Gasteiger partial charge >= 0.3 is 0 Å². The smallest absolute Gasteiger partial charge is 0.179 e. The van der Waals surface area contributed by atoms with Crippen molar-refractivity contribution in [3.8, 4) is 11.5 Å². The van der Waals surface area contributed by atoms with Crippen molar-refractivity contribution in [2.45, 2.75) is 23.7 Å². The van der Waals surface area contributed by atoms with Gasteiger partial charge in [0.2, 0.25) is 0 Å². The summed E-state index contributed by atoms with van der Waals surface area (Å²) in [6.07, 6.45) is 3.01. The van der Waals surface area contributed by atoms with Gasteiger partial charge in [-0.05, 0) is 44.0 Å². The molecular formula is C14H21NO4S. The van der Waals surface area contributed by atoms with Crippen LogP contribution in [0.25, 0.3) is 0 Å². The highest BCUT2D eigenvalue weighted by molar-refractivity contribution is 7.90. The maximum absolute atomic E-state index is 12.2. The van der Waals surface area contributed by atoms with Crippen LogP contribution in [0.3, 0.4) is 0 Å². The Balaban J connectivity index is 2.66. The summed E-state index contributed by atoms with van der Waals surface area (Å²) < 4.78 is 35.0. The van der Waals surface area contributed by atoms with Crippen LogP contribution in [0.15, 0.2) is 17.0 Å². The van der Waals surface area contributed by atoms with E-state index in [1.807, 2.05) is 0 Å². The van der Waals surface area contributed by atoms with Gasteiger partial charge < -0.3 is 14.8 Å². The molecule has 1 aromatic carbocycles. The number of benzene rings is 1. The maximum atomic E-state index is 12.2. The molecule has 1 N–H and O–H groups in total. The number of hydrogen-bond acceptors (Lipinski definition) is 5. The summed E-state index contributed by atoms with van der Waals surface area (Å²) in [5.74, 6) is 1.19. The van der Waals surface area contributed by atoms with Crippen molar-refractivity contribution in [2.24, 2.45) is 0 Å². The van der Waals surface area contributed by atoms with E-state index in [0.29, 0.717) is 11.5 Å². The van der Waals surface area contributed by atoms with Crippen LogP contribution in [0.5, 0.6) is 11.5 Å². The van der Waals surface area contributed by atoms with E-state index >= 15 is 0 Å². The summed E-state index contributed by atoms with van der Waals surface area (Å²) in [6, 6.07) is 3.44. The van der Waals surface area contributed by atoms with E-state index in [9.17, 15) is 8.42 Å². The van der Waals surface area contributed by atoms with Gasteiger partial charge in [0.05, 0.1) is 14.2 Å². The molecule has 5 nitrogen and oxygen atoms in total. The molecule has 1 fully saturated rings. The number of ether oxygens (including phenoxy) is 2. The van der Waals surface area contributed by atoms with Gasteiger partial charge in [-0.15, -0.1) is 0 Å². The van der Waals surface area contributed by atoms with E-state index in [4.69, 9.17) is 9.47 Å². The predicted molar refractivity (Wildman–Crippen MR) is 77.5 cm³/mol. The van der Waals surface area contributed by atoms with Gasteiger partial charge in [0.15, 0.2) is 9.84 Å². The van der Waals surface area contributed by atoms with Crippen molar-refractivity contribution in [2.75, 3.05) is 33.6 Å². The second-order valence-corrected chi connectivity index (χ2v) is 6.96. The molecule has 0 aromatic heterocycles. The number of nitrogens with one attached hydrogen (secondary N) is 1. The fourth-order valence-electron chi connectivity index (χ4n) is 2.78. The lowest BCUT2D eigenvalue weighted by Gasteiger charge is -2.27. The van der Waals surface area contributed by atoms with Crippen LogP contribution < -0.4 is 14.8 Å². The largest absolute Gasteiger partial charge is 0.496 e. The molecule has 1 aliphatic heterocycles. The first-order valence-corrected chi connectivity index (χ1v) is 8.53. The van der Waals surface area contributed by atoms with Gasteiger partial charge in [-0.25, -0.2) is 8.42 Å². The van der Waals surface area contributed by atoms with Crippen LogP contribution in [0.1, 0.15) is 24.3 Å². The van der Waals surface area contributed by atoms with Gasteiger partial charge in [-0.1, -0.05) is 0 Å². The first-order chi connectivity index (χ1) is 9.49. The first-order valence-electron chi connectivity index (χ1n) is 6.64. The van der Waals surface area contributed by atoms with Gasteiger partial charge in [0.25, 0.3) is 0 Å². The lowest BCUT2D eigenvalue weighted by Crippen LogP contribution is -2.27. The van der Waals surface area contributed by atoms with E-state index in [2.05, 4.69) is 5.32 Å². The van der Waals surface area contributed by atoms with Gasteiger partial charge in [-0.3, -0.25) is 0 Å². The highest BCUT2D eigenvalue weighted by Crippen LogP contribution is 2.41. The van der Waals surface area contributed by atoms with Gasteiger partial charge in [0, 0.05) is 11.8 Å². The molecule has 0 spiro atoms. The molecule has 1 saturated heterocycles. The zero-order chi connectivity index (χ0) is 14.8. The lowest BCUT2D eigenvalue weighted by atomic mass is 9.89. The normalized spacial score (nSPS) is 16.9. The monoisotopic (exact) mass is 299 g/mol. The molecule has 0 saturated carbocycles. The summed E-state index contributed by atoms with van der Waals surface area (Å²) >= 11 is 0. The second kappa shape index (κ2) is 6.01. The third-order valence-electron chi connectivity index (χ3n) is 3.68. The Morgan fingerprint density at radius 1 is 1.10 bits per heavy atom. The highest BCUT2D eigenvalue weighted by Gasteiger charge is 2.29. The molecule has 0 unspecified atom stereocenters. The van der Waals surface area contributed by atoms with Crippen LogP contribution in [0.2, 0.25) is 0 Å². The molecule has 1 aliphatic rings. The topological polar surface area (TPSA) is 64.6 Å². The first kappa shape index (κ1) is 15.1. The van der Waals surface area contributed by atoms with E-state index in [-0.39, 0.29) is 10.8 Å². The van der Waals surface area contributed by atoms with E-state index in [1.165, 1.54) is 13.4 Å². The molecule has 0 aliphatic carbocycles. The number of sulfone groups is 1. The van der Waals surface area contributed by atoms with Gasteiger partial charge in [0.1, 0.15) is 16.4 Å². The molecule has 1 aromatic rings. The third-order valence-corrected chi connectivity index (χ3v) is 4.84. The Bertz CT molecular complexity index is 577. The number of piperidine rings is 1. The van der Waals surface area contributed by atoms with E-state index in [1.54, 1.807) is 19.2 Å². The molecule has 2 rings (SSSR count). The molecule has 20 heavy (non-hydrogen) atoms. The summed E-state index contributed by atoms with van der Waals surface area (Å²) in [5, 5.41) is 3.29. The molecule has 0 atom stereocenters. The molecule has 0 radical (unpaired) electrons. The Labute approximate surface area is 120 Å². The fourth-order valence-corrected chi connectivity index (χ4v) is 3.96. The van der Waals surface area contributed by atoms with Crippen molar-refractivity contribution in [1.82, 2.24) is 5.32 Å². The average molecular weight is 299 g/mol. The number of rotatable bonds is 4. The average Bonchev–Trinajstić information content (AvgIpc) is 2.45. The number of methoxy groups -OCH3 is 2. The zero-order valence-electron chi connectivity index (χ0n) is 12.1. The molecule has 0 amide bonds. The Hall–Kier alpha value is -1.27. The second-order valence-electron chi connectivity index (χ2n) is 5.01. The summed E-state index contributed by atoms with van der Waals surface area (Å²) in [5.41, 5.74) is 0.760. The van der Waals surface area contributed by atoms with Crippen molar-refractivity contribution in [1.29, 1.82) is 0 Å². The quantitative estimate of drug-likeness (QED) is 0.914. The van der Waals surface area contributed by atoms with Crippen molar-refractivity contribution in [3.05, 3.63) is 17.7 Å². The summed E-state index contributed by atoms with van der Waals surface area (Å²) in [7, 11) is -0.327. The minimum Gasteiger partial charge on any atom is -0.496 e. The van der Waals surface area contributed by atoms with Crippen LogP contribution >= 0.6 is 0 Å². The van der Waals surface area contributed by atoms with Crippen molar-refractivity contribution < 1.29 is 17.9 Å². The minimum atomic E-state index is -3.38. The van der Waals surface area contributed by atoms with Crippen LogP contribution in [-0.2, 0) is 9.84 Å². The van der Waals surface area contributed by atoms with E-state index < -0.39 is 9.84 Å². The molecular weight excluding hydrogens is 278 g/mol. The fraction of sp³-hybridized carbons (Fsp3) is 0.571. The van der Waals surface area contributed by atoms with Gasteiger partial charge in [-0.2, -0.15) is 0 Å². The predicted octanol–water partition coefficient (Wildman–Crippen LogP) is 1.57. The number of hydrogen-bond donors (Lipinski definition) is 1. The standard InChI is InChI=1S/C14H21NO4S/c1-18-11-4-5-12(19-2)14(20(3,16)17)13(11)10-6-8-15-9-7-10/h4-5,10,15H,6-9H2,1-3H3. The maximum Gasteiger partial charge on any atom is 0.179 e. The van der Waals surface area contributed by atoms with E-state index in [0.717, 1.165) is 31.5 Å². The van der Waals surface area contributed by atoms with Crippen molar-refractivity contribution >= 4 is 9.84 Å². The molecule has 112 valence electrons. The highest BCUT2D eigenvalue weighted by atomic mass is 32.2. The minimum absolute atomic E-state index is 0.172. The Kier molecular flexibility index (Phi) is 4.55. The van der Waals surface area contributed by atoms with Crippen LogP contribution in [0, 0.1) is 0 Å². The summed E-state index contributed by atoms with van der Waals surface area (Å²) in [6.45, 7) is 1.77. The SMILES string of the molecule is COc1ccc(OC)c(S(C)(=O)=O)c1C1CCNCC1.